The average molecular weight is 403 g/mol. The van der Waals surface area contributed by atoms with E-state index in [1.807, 2.05) is 24.3 Å². The first-order valence-corrected chi connectivity index (χ1v) is 7.46. The second kappa shape index (κ2) is 6.42. The number of likely N-dealkylation sites (tertiary alicyclic amines) is 1. The van der Waals surface area contributed by atoms with Gasteiger partial charge >= 0.3 is 11.9 Å². The van der Waals surface area contributed by atoms with E-state index in [9.17, 15) is 19.5 Å². The molecule has 1 amide bonds. The zero-order chi connectivity index (χ0) is 15.6. The summed E-state index contributed by atoms with van der Waals surface area (Å²) in [6.45, 7) is -0.0461. The van der Waals surface area contributed by atoms with Crippen LogP contribution in [0.15, 0.2) is 24.3 Å². The third kappa shape index (κ3) is 3.72. The summed E-state index contributed by atoms with van der Waals surface area (Å²) in [4.78, 5) is 35.4. The number of carboxylic acids is 2. The number of carbonyl (C=O) groups is 3. The van der Waals surface area contributed by atoms with E-state index in [-0.39, 0.29) is 19.4 Å². The van der Waals surface area contributed by atoms with Crippen molar-refractivity contribution in [1.29, 1.82) is 0 Å². The van der Waals surface area contributed by atoms with Gasteiger partial charge in [0.1, 0.15) is 6.04 Å². The van der Waals surface area contributed by atoms with Crippen molar-refractivity contribution >= 4 is 40.4 Å². The van der Waals surface area contributed by atoms with Gasteiger partial charge < -0.3 is 15.1 Å². The second-order valence-electron chi connectivity index (χ2n) is 4.97. The van der Waals surface area contributed by atoms with Crippen LogP contribution in [0.3, 0.4) is 0 Å². The maximum atomic E-state index is 11.9. The zero-order valence-electron chi connectivity index (χ0n) is 11.0. The third-order valence-corrected chi connectivity index (χ3v) is 4.23. The Morgan fingerprint density at radius 1 is 1.29 bits per heavy atom. The second-order valence-corrected chi connectivity index (χ2v) is 6.22. The van der Waals surface area contributed by atoms with Crippen molar-refractivity contribution in [3.05, 3.63) is 33.4 Å². The SMILES string of the molecule is O=C(O)C1CC(=O)N([C@@H](Cc2ccc(I)cc2)C(=O)O)C1. The Bertz CT molecular complexity index is 571. The standard InChI is InChI=1S/C14H14INO5/c15-10-3-1-8(2-4-10)5-11(14(20)21)16-7-9(13(18)19)6-12(16)17/h1-4,9,11H,5-7H2,(H,18,19)(H,20,21)/t9?,11-/m0/s1. The molecule has 1 heterocycles. The number of hydrogen-bond donors (Lipinski definition) is 2. The number of amides is 1. The van der Waals surface area contributed by atoms with Crippen molar-refractivity contribution in [3.63, 3.8) is 0 Å². The van der Waals surface area contributed by atoms with E-state index < -0.39 is 29.8 Å². The molecule has 7 heteroatoms. The number of nitrogens with zero attached hydrogens (tertiary/aromatic N) is 1. The van der Waals surface area contributed by atoms with Crippen molar-refractivity contribution in [2.24, 2.45) is 5.92 Å². The highest BCUT2D eigenvalue weighted by atomic mass is 127. The lowest BCUT2D eigenvalue weighted by Crippen LogP contribution is -2.44. The first kappa shape index (κ1) is 15.7. The van der Waals surface area contributed by atoms with Gasteiger partial charge in [-0.05, 0) is 40.3 Å². The summed E-state index contributed by atoms with van der Waals surface area (Å²) in [5.41, 5.74) is 0.800. The topological polar surface area (TPSA) is 94.9 Å². The minimum atomic E-state index is -1.12. The number of benzene rings is 1. The molecule has 0 bridgehead atoms. The van der Waals surface area contributed by atoms with Crippen LogP contribution in [0.5, 0.6) is 0 Å². The van der Waals surface area contributed by atoms with E-state index >= 15 is 0 Å². The van der Waals surface area contributed by atoms with Gasteiger partial charge in [-0.2, -0.15) is 0 Å². The molecule has 1 unspecified atom stereocenters. The van der Waals surface area contributed by atoms with E-state index in [4.69, 9.17) is 5.11 Å². The molecular weight excluding hydrogens is 389 g/mol. The lowest BCUT2D eigenvalue weighted by Gasteiger charge is -2.24. The van der Waals surface area contributed by atoms with Crippen molar-refractivity contribution in [2.75, 3.05) is 6.54 Å². The van der Waals surface area contributed by atoms with Crippen LogP contribution in [0.4, 0.5) is 0 Å². The van der Waals surface area contributed by atoms with Crippen LogP contribution in [-0.4, -0.2) is 45.5 Å². The summed E-state index contributed by atoms with van der Waals surface area (Å²) in [6.07, 6.45) is 0.0378. The Hall–Kier alpha value is -1.64. The lowest BCUT2D eigenvalue weighted by molar-refractivity contribution is -0.148. The predicted octanol–water partition coefficient (Wildman–Crippen LogP) is 1.22. The van der Waals surface area contributed by atoms with E-state index in [0.29, 0.717) is 0 Å². The molecule has 0 spiro atoms. The van der Waals surface area contributed by atoms with Crippen LogP contribution in [0.1, 0.15) is 12.0 Å². The molecule has 112 valence electrons. The maximum Gasteiger partial charge on any atom is 0.326 e. The van der Waals surface area contributed by atoms with Crippen LogP contribution in [-0.2, 0) is 20.8 Å². The van der Waals surface area contributed by atoms with Gasteiger partial charge in [-0.3, -0.25) is 9.59 Å². The number of halogens is 1. The quantitative estimate of drug-likeness (QED) is 0.722. The Labute approximate surface area is 134 Å². The van der Waals surface area contributed by atoms with Gasteiger partial charge in [0.25, 0.3) is 0 Å². The number of rotatable bonds is 5. The molecule has 1 aromatic rings. The molecule has 1 aliphatic rings. The van der Waals surface area contributed by atoms with Gasteiger partial charge in [0.15, 0.2) is 0 Å². The van der Waals surface area contributed by atoms with Crippen molar-refractivity contribution in [1.82, 2.24) is 4.90 Å². The smallest absolute Gasteiger partial charge is 0.326 e. The van der Waals surface area contributed by atoms with E-state index in [1.165, 1.54) is 4.90 Å². The molecule has 1 fully saturated rings. The molecule has 0 aliphatic carbocycles. The summed E-state index contributed by atoms with van der Waals surface area (Å²) < 4.78 is 1.03. The largest absolute Gasteiger partial charge is 0.481 e. The molecule has 0 saturated carbocycles. The Balaban J connectivity index is 2.16. The summed E-state index contributed by atoms with van der Waals surface area (Å²) >= 11 is 2.15. The fourth-order valence-electron chi connectivity index (χ4n) is 2.37. The van der Waals surface area contributed by atoms with Gasteiger partial charge in [0, 0.05) is 23.0 Å². The highest BCUT2D eigenvalue weighted by Gasteiger charge is 2.40. The molecule has 0 aromatic heterocycles. The summed E-state index contributed by atoms with van der Waals surface area (Å²) in [6, 6.07) is 6.32. The molecule has 0 radical (unpaired) electrons. The first-order chi connectivity index (χ1) is 9.88. The van der Waals surface area contributed by atoms with E-state index in [0.717, 1.165) is 9.13 Å². The van der Waals surface area contributed by atoms with Crippen LogP contribution in [0.25, 0.3) is 0 Å². The van der Waals surface area contributed by atoms with Gasteiger partial charge in [-0.1, -0.05) is 12.1 Å². The lowest BCUT2D eigenvalue weighted by atomic mass is 10.0. The van der Waals surface area contributed by atoms with Crippen molar-refractivity contribution < 1.29 is 24.6 Å². The Morgan fingerprint density at radius 3 is 2.38 bits per heavy atom. The van der Waals surface area contributed by atoms with Crippen LogP contribution in [0.2, 0.25) is 0 Å². The molecule has 21 heavy (non-hydrogen) atoms. The molecule has 2 N–H and O–H groups in total. The Morgan fingerprint density at radius 2 is 1.90 bits per heavy atom. The average Bonchev–Trinajstić information content (AvgIpc) is 2.80. The number of aliphatic carboxylic acids is 2. The highest BCUT2D eigenvalue weighted by Crippen LogP contribution is 2.22. The van der Waals surface area contributed by atoms with Gasteiger partial charge in [0.2, 0.25) is 5.91 Å². The minimum Gasteiger partial charge on any atom is -0.481 e. The van der Waals surface area contributed by atoms with Crippen LogP contribution < -0.4 is 0 Å². The monoisotopic (exact) mass is 403 g/mol. The van der Waals surface area contributed by atoms with E-state index in [1.54, 1.807) is 0 Å². The van der Waals surface area contributed by atoms with Crippen LogP contribution in [0, 0.1) is 9.49 Å². The van der Waals surface area contributed by atoms with Gasteiger partial charge in [-0.25, -0.2) is 4.79 Å². The number of carbonyl (C=O) groups excluding carboxylic acids is 1. The highest BCUT2D eigenvalue weighted by molar-refractivity contribution is 14.1. The first-order valence-electron chi connectivity index (χ1n) is 6.38. The van der Waals surface area contributed by atoms with Gasteiger partial charge in [-0.15, -0.1) is 0 Å². The summed E-state index contributed by atoms with van der Waals surface area (Å²) in [7, 11) is 0. The minimum absolute atomic E-state index is 0.0461. The zero-order valence-corrected chi connectivity index (χ0v) is 13.2. The fourth-order valence-corrected chi connectivity index (χ4v) is 2.73. The summed E-state index contributed by atoms with van der Waals surface area (Å²) in [5.74, 6) is -3.42. The normalized spacial score (nSPS) is 19.6. The van der Waals surface area contributed by atoms with E-state index in [2.05, 4.69) is 22.6 Å². The number of carboxylic acid groups (broad SMARTS) is 2. The molecule has 2 rings (SSSR count). The predicted molar refractivity (Wildman–Crippen MR) is 81.7 cm³/mol. The fraction of sp³-hybridized carbons (Fsp3) is 0.357. The molecule has 1 aromatic carbocycles. The Kier molecular flexibility index (Phi) is 4.81. The number of hydrogen-bond acceptors (Lipinski definition) is 3. The third-order valence-electron chi connectivity index (χ3n) is 3.51. The molecular formula is C14H14INO5. The molecule has 1 aliphatic heterocycles. The molecule has 2 atom stereocenters. The maximum absolute atomic E-state index is 11.9. The van der Waals surface area contributed by atoms with Crippen molar-refractivity contribution in [2.45, 2.75) is 18.9 Å². The van der Waals surface area contributed by atoms with Crippen LogP contribution >= 0.6 is 22.6 Å². The summed E-state index contributed by atoms with van der Waals surface area (Å²) in [5, 5.41) is 18.3. The molecule has 1 saturated heterocycles. The van der Waals surface area contributed by atoms with Gasteiger partial charge in [0.05, 0.1) is 5.92 Å². The van der Waals surface area contributed by atoms with Crippen molar-refractivity contribution in [3.8, 4) is 0 Å². The molecule has 6 nitrogen and oxygen atoms in total.